The fraction of sp³-hybridized carbons (Fsp3) is 0.355. The Morgan fingerprint density at radius 1 is 1.13 bits per heavy atom. The molecule has 5 rings (SSSR count). The van der Waals surface area contributed by atoms with E-state index < -0.39 is 17.8 Å². The third-order valence-electron chi connectivity index (χ3n) is 7.37. The number of methoxy groups -OCH3 is 1. The molecule has 3 heterocycles. The van der Waals surface area contributed by atoms with E-state index in [1.165, 1.54) is 37.3 Å². The van der Waals surface area contributed by atoms with Gasteiger partial charge in [0.25, 0.3) is 0 Å². The number of nitrogens with zero attached hydrogens (tertiary/aromatic N) is 8. The molecule has 12 nitrogen and oxygen atoms in total. The fourth-order valence-corrected chi connectivity index (χ4v) is 4.87. The van der Waals surface area contributed by atoms with Crippen LogP contribution in [0.25, 0.3) is 22.8 Å². The quantitative estimate of drug-likeness (QED) is 0.159. The Hall–Kier alpha value is -5.21. The number of aromatic nitrogens is 7. The fourth-order valence-electron chi connectivity index (χ4n) is 4.87. The van der Waals surface area contributed by atoms with Gasteiger partial charge in [0.05, 0.1) is 25.1 Å². The number of anilines is 1. The van der Waals surface area contributed by atoms with Crippen molar-refractivity contribution >= 4 is 17.6 Å². The molecular formula is C31H33F3N10O2. The Kier molecular flexibility index (Phi) is 9.12. The van der Waals surface area contributed by atoms with Gasteiger partial charge in [0.15, 0.2) is 11.5 Å². The molecule has 4 aromatic rings. The number of carbonyl (C=O) groups excluding carboxylic acids is 1. The van der Waals surface area contributed by atoms with Crippen molar-refractivity contribution in [3.63, 3.8) is 0 Å². The second kappa shape index (κ2) is 13.0. The van der Waals surface area contributed by atoms with Crippen molar-refractivity contribution in [3.8, 4) is 28.7 Å². The van der Waals surface area contributed by atoms with E-state index in [1.54, 1.807) is 43.0 Å². The minimum absolute atomic E-state index is 0.000426. The topological polar surface area (TPSA) is 162 Å². The molecule has 240 valence electrons. The number of primary amides is 1. The summed E-state index contributed by atoms with van der Waals surface area (Å²) in [6, 6.07) is 6.69. The maximum absolute atomic E-state index is 13.4. The van der Waals surface area contributed by atoms with E-state index in [0.717, 1.165) is 30.3 Å². The van der Waals surface area contributed by atoms with E-state index in [1.807, 2.05) is 0 Å². The van der Waals surface area contributed by atoms with Crippen LogP contribution in [-0.2, 0) is 17.5 Å². The van der Waals surface area contributed by atoms with Crippen molar-refractivity contribution in [2.45, 2.75) is 58.3 Å². The van der Waals surface area contributed by atoms with Gasteiger partial charge in [0, 0.05) is 35.8 Å². The smallest absolute Gasteiger partial charge is 0.434 e. The van der Waals surface area contributed by atoms with Gasteiger partial charge < -0.3 is 25.3 Å². The zero-order chi connectivity index (χ0) is 33.2. The third kappa shape index (κ3) is 7.19. The molecule has 0 bridgehead atoms. The highest BCUT2D eigenvalue weighted by atomic mass is 19.4. The zero-order valence-electron chi connectivity index (χ0n) is 25.7. The van der Waals surface area contributed by atoms with E-state index >= 15 is 0 Å². The summed E-state index contributed by atoms with van der Waals surface area (Å²) < 4.78 is 47.3. The highest BCUT2D eigenvalue weighted by Crippen LogP contribution is 2.44. The first-order valence-electron chi connectivity index (χ1n) is 14.5. The molecule has 1 amide bonds. The SMILES string of the molecule is COc1ncnc(C2CC2)c1-c1ncnc(N(CC(=N)/C=C(/C)C(N)=O)Cc2ccc(-c3nc(C(F)(F)F)cn3C(C)C)cc2)n1. The Morgan fingerprint density at radius 2 is 1.83 bits per heavy atom. The molecule has 1 aromatic carbocycles. The number of imidazole rings is 1. The molecule has 46 heavy (non-hydrogen) atoms. The molecule has 3 aromatic heterocycles. The Bertz CT molecular complexity index is 1780. The monoisotopic (exact) mass is 634 g/mol. The Balaban J connectivity index is 1.50. The minimum Gasteiger partial charge on any atom is -0.480 e. The van der Waals surface area contributed by atoms with Crippen molar-refractivity contribution in [2.24, 2.45) is 5.73 Å². The number of rotatable bonds is 12. The van der Waals surface area contributed by atoms with E-state index in [9.17, 15) is 18.0 Å². The lowest BCUT2D eigenvalue weighted by atomic mass is 10.1. The number of carbonyl (C=O) groups is 1. The number of alkyl halides is 3. The summed E-state index contributed by atoms with van der Waals surface area (Å²) in [4.78, 5) is 39.4. The lowest BCUT2D eigenvalue weighted by molar-refractivity contribution is -0.140. The van der Waals surface area contributed by atoms with Crippen LogP contribution in [0, 0.1) is 5.41 Å². The van der Waals surface area contributed by atoms with Crippen LogP contribution in [0.4, 0.5) is 19.1 Å². The summed E-state index contributed by atoms with van der Waals surface area (Å²) in [6.07, 6.45) is 2.58. The standard InChI is InChI=1S/C31H33F3N10O2/c1-17(2)44-14-23(31(32,33)34)41-28(44)21-7-5-19(6-8-21)12-43(13-22(35)11-18(3)26(36)45)30-40-16-38-27(42-30)24-25(20-9-10-20)37-15-39-29(24)46-4/h5-8,11,14-17,20,35H,9-10,12-13H2,1-4H3,(H2,36,45)/b18-11-,35-22?. The summed E-state index contributed by atoms with van der Waals surface area (Å²) in [6.45, 7) is 5.30. The first-order chi connectivity index (χ1) is 21.8. The molecule has 0 unspecified atom stereocenters. The molecule has 1 fully saturated rings. The van der Waals surface area contributed by atoms with Crippen LogP contribution >= 0.6 is 0 Å². The van der Waals surface area contributed by atoms with Crippen LogP contribution in [0.3, 0.4) is 0 Å². The predicted molar refractivity (Wildman–Crippen MR) is 164 cm³/mol. The number of ether oxygens (including phenoxy) is 1. The highest BCUT2D eigenvalue weighted by molar-refractivity contribution is 6.03. The van der Waals surface area contributed by atoms with Gasteiger partial charge in [0.1, 0.15) is 24.0 Å². The summed E-state index contributed by atoms with van der Waals surface area (Å²) >= 11 is 0. The van der Waals surface area contributed by atoms with Gasteiger partial charge in [-0.25, -0.2) is 24.9 Å². The Morgan fingerprint density at radius 3 is 2.43 bits per heavy atom. The van der Waals surface area contributed by atoms with Gasteiger partial charge in [-0.15, -0.1) is 0 Å². The first kappa shape index (κ1) is 32.2. The molecule has 15 heteroatoms. The van der Waals surface area contributed by atoms with Gasteiger partial charge >= 0.3 is 6.18 Å². The molecule has 0 saturated heterocycles. The first-order valence-corrected chi connectivity index (χ1v) is 14.5. The number of amides is 1. The van der Waals surface area contributed by atoms with E-state index in [-0.39, 0.29) is 48.1 Å². The van der Waals surface area contributed by atoms with E-state index in [2.05, 4.69) is 24.9 Å². The predicted octanol–water partition coefficient (Wildman–Crippen LogP) is 5.14. The Labute approximate surface area is 263 Å². The molecule has 1 saturated carbocycles. The van der Waals surface area contributed by atoms with Crippen molar-refractivity contribution in [2.75, 3.05) is 18.6 Å². The summed E-state index contributed by atoms with van der Waals surface area (Å²) in [7, 11) is 1.51. The lowest BCUT2D eigenvalue weighted by Gasteiger charge is -2.23. The van der Waals surface area contributed by atoms with Crippen LogP contribution in [0.2, 0.25) is 0 Å². The van der Waals surface area contributed by atoms with E-state index in [0.29, 0.717) is 22.8 Å². The number of nitrogens with two attached hydrogens (primary N) is 1. The van der Waals surface area contributed by atoms with Crippen LogP contribution in [0.1, 0.15) is 62.5 Å². The molecule has 0 spiro atoms. The number of halogens is 3. The van der Waals surface area contributed by atoms with E-state index in [4.69, 9.17) is 20.9 Å². The van der Waals surface area contributed by atoms with Gasteiger partial charge in [0.2, 0.25) is 17.7 Å². The maximum atomic E-state index is 13.4. The average molecular weight is 635 g/mol. The zero-order valence-corrected chi connectivity index (χ0v) is 25.7. The highest BCUT2D eigenvalue weighted by Gasteiger charge is 2.35. The summed E-state index contributed by atoms with van der Waals surface area (Å²) in [5.41, 5.74) is 7.33. The number of hydrogen-bond donors (Lipinski definition) is 2. The van der Waals surface area contributed by atoms with Crippen LogP contribution < -0.4 is 15.4 Å². The summed E-state index contributed by atoms with van der Waals surface area (Å²) in [5, 5.41) is 8.56. The molecule has 0 radical (unpaired) electrons. The normalized spacial score (nSPS) is 13.6. The number of nitrogens with one attached hydrogen (secondary N) is 1. The second-order valence-electron chi connectivity index (χ2n) is 11.2. The number of benzene rings is 1. The largest absolute Gasteiger partial charge is 0.480 e. The minimum atomic E-state index is -4.57. The van der Waals surface area contributed by atoms with Crippen molar-refractivity contribution in [3.05, 3.63) is 71.7 Å². The van der Waals surface area contributed by atoms with Crippen LogP contribution in [0.5, 0.6) is 5.88 Å². The van der Waals surface area contributed by atoms with Crippen molar-refractivity contribution < 1.29 is 22.7 Å². The van der Waals surface area contributed by atoms with Gasteiger partial charge in [-0.05, 0) is 45.3 Å². The van der Waals surface area contributed by atoms with Gasteiger partial charge in [-0.1, -0.05) is 24.3 Å². The van der Waals surface area contributed by atoms with Crippen LogP contribution in [0.15, 0.2) is 54.8 Å². The van der Waals surface area contributed by atoms with Crippen LogP contribution in [-0.4, -0.2) is 59.7 Å². The molecule has 1 aliphatic rings. The van der Waals surface area contributed by atoms with Gasteiger partial charge in [-0.3, -0.25) is 4.79 Å². The second-order valence-corrected chi connectivity index (χ2v) is 11.2. The average Bonchev–Trinajstić information content (AvgIpc) is 3.76. The maximum Gasteiger partial charge on any atom is 0.434 e. The molecular weight excluding hydrogens is 601 g/mol. The van der Waals surface area contributed by atoms with Crippen molar-refractivity contribution in [1.29, 1.82) is 5.41 Å². The third-order valence-corrected chi connectivity index (χ3v) is 7.37. The number of hydrogen-bond acceptors (Lipinski definition) is 10. The van der Waals surface area contributed by atoms with Crippen molar-refractivity contribution in [1.82, 2.24) is 34.5 Å². The van der Waals surface area contributed by atoms with Gasteiger partial charge in [-0.2, -0.15) is 18.2 Å². The lowest BCUT2D eigenvalue weighted by Crippen LogP contribution is -2.30. The molecule has 3 N–H and O–H groups in total. The molecule has 1 aliphatic carbocycles. The molecule has 0 aliphatic heterocycles. The molecule has 0 atom stereocenters. The summed E-state index contributed by atoms with van der Waals surface area (Å²) in [5.74, 6) is 0.675.